The Morgan fingerprint density at radius 3 is 2.38 bits per heavy atom. The lowest BCUT2D eigenvalue weighted by molar-refractivity contribution is -0.133. The number of ether oxygens (including phenoxy) is 1. The van der Waals surface area contributed by atoms with Gasteiger partial charge in [0.05, 0.1) is 13.4 Å². The number of benzene rings is 1. The lowest BCUT2D eigenvalue weighted by atomic mass is 10.1. The molecule has 1 aromatic rings. The number of hydrogen-bond acceptors (Lipinski definition) is 5. The normalized spacial score (nSPS) is 11.5. The van der Waals surface area contributed by atoms with Crippen molar-refractivity contribution in [2.75, 3.05) is 13.4 Å². The molecule has 0 spiro atoms. The molecule has 7 heteroatoms. The van der Waals surface area contributed by atoms with Crippen LogP contribution in [-0.4, -0.2) is 38.6 Å². The minimum Gasteiger partial charge on any atom is -0.493 e. The van der Waals surface area contributed by atoms with Crippen LogP contribution in [-0.2, 0) is 21.5 Å². The van der Waals surface area contributed by atoms with Crippen LogP contribution < -0.4 is 8.92 Å². The van der Waals surface area contributed by atoms with Gasteiger partial charge in [0.1, 0.15) is 0 Å². The first kappa shape index (κ1) is 22.3. The third kappa shape index (κ3) is 7.64. The molecule has 0 aliphatic rings. The van der Waals surface area contributed by atoms with Gasteiger partial charge < -0.3 is 13.8 Å². The predicted molar refractivity (Wildman–Crippen MR) is 103 cm³/mol. The summed E-state index contributed by atoms with van der Waals surface area (Å²) >= 11 is 0. The van der Waals surface area contributed by atoms with E-state index in [4.69, 9.17) is 8.92 Å². The Kier molecular flexibility index (Phi) is 8.92. The Balaban J connectivity index is 2.91. The van der Waals surface area contributed by atoms with Gasteiger partial charge >= 0.3 is 10.1 Å². The molecule has 0 saturated heterocycles. The van der Waals surface area contributed by atoms with Gasteiger partial charge in [-0.15, -0.1) is 0 Å². The van der Waals surface area contributed by atoms with E-state index in [1.54, 1.807) is 17.0 Å². The third-order valence-electron chi connectivity index (χ3n) is 4.01. The fourth-order valence-electron chi connectivity index (χ4n) is 2.65. The average Bonchev–Trinajstić information content (AvgIpc) is 2.55. The highest BCUT2D eigenvalue weighted by molar-refractivity contribution is 7.86. The monoisotopic (exact) mass is 385 g/mol. The SMILES string of the molecule is CCCCCCC(=O)N(Cc1ccc(OC)c(OS(C)(=O)=O)c1)C(C)C. The van der Waals surface area contributed by atoms with E-state index in [1.165, 1.54) is 7.11 Å². The molecule has 0 saturated carbocycles. The first-order valence-electron chi connectivity index (χ1n) is 9.03. The van der Waals surface area contributed by atoms with Gasteiger partial charge in [0, 0.05) is 19.0 Å². The van der Waals surface area contributed by atoms with E-state index in [0.29, 0.717) is 18.7 Å². The quantitative estimate of drug-likeness (QED) is 0.428. The van der Waals surface area contributed by atoms with Crippen molar-refractivity contribution >= 4 is 16.0 Å². The van der Waals surface area contributed by atoms with Crippen molar-refractivity contribution in [3.8, 4) is 11.5 Å². The second-order valence-electron chi connectivity index (χ2n) is 6.70. The van der Waals surface area contributed by atoms with Crippen LogP contribution in [0.1, 0.15) is 58.4 Å². The van der Waals surface area contributed by atoms with E-state index in [-0.39, 0.29) is 17.7 Å². The van der Waals surface area contributed by atoms with Gasteiger partial charge in [-0.2, -0.15) is 8.42 Å². The fourth-order valence-corrected chi connectivity index (χ4v) is 3.11. The van der Waals surface area contributed by atoms with Crippen molar-refractivity contribution in [1.82, 2.24) is 4.90 Å². The Labute approximate surface area is 157 Å². The van der Waals surface area contributed by atoms with Crippen LogP contribution in [0.5, 0.6) is 11.5 Å². The molecule has 0 bridgehead atoms. The lowest BCUT2D eigenvalue weighted by Crippen LogP contribution is -2.36. The second kappa shape index (κ2) is 10.4. The molecule has 0 aliphatic carbocycles. The molecule has 1 aromatic carbocycles. The molecule has 148 valence electrons. The summed E-state index contributed by atoms with van der Waals surface area (Å²) in [5.41, 5.74) is 0.792. The third-order valence-corrected chi connectivity index (χ3v) is 4.49. The first-order valence-corrected chi connectivity index (χ1v) is 10.9. The van der Waals surface area contributed by atoms with Crippen molar-refractivity contribution < 1.29 is 22.1 Å². The summed E-state index contributed by atoms with van der Waals surface area (Å²) in [5.74, 6) is 0.574. The first-order chi connectivity index (χ1) is 12.2. The summed E-state index contributed by atoms with van der Waals surface area (Å²) in [4.78, 5) is 14.4. The number of amides is 1. The maximum absolute atomic E-state index is 12.6. The molecule has 0 radical (unpaired) electrons. The van der Waals surface area contributed by atoms with Crippen molar-refractivity contribution in [3.05, 3.63) is 23.8 Å². The van der Waals surface area contributed by atoms with Crippen molar-refractivity contribution in [2.45, 2.75) is 65.5 Å². The van der Waals surface area contributed by atoms with Crippen LogP contribution in [0.3, 0.4) is 0 Å². The van der Waals surface area contributed by atoms with Gasteiger partial charge in [0.15, 0.2) is 11.5 Å². The molecule has 1 amide bonds. The molecular formula is C19H31NO5S. The van der Waals surface area contributed by atoms with Gasteiger partial charge in [-0.3, -0.25) is 4.79 Å². The minimum absolute atomic E-state index is 0.0510. The maximum atomic E-state index is 12.6. The summed E-state index contributed by atoms with van der Waals surface area (Å²) in [6, 6.07) is 5.13. The zero-order valence-corrected chi connectivity index (χ0v) is 17.3. The summed E-state index contributed by atoms with van der Waals surface area (Å²) < 4.78 is 33.1. The summed E-state index contributed by atoms with van der Waals surface area (Å²) in [5, 5.41) is 0. The van der Waals surface area contributed by atoms with Gasteiger partial charge in [-0.25, -0.2) is 0 Å². The lowest BCUT2D eigenvalue weighted by Gasteiger charge is -2.27. The van der Waals surface area contributed by atoms with E-state index in [0.717, 1.165) is 37.5 Å². The maximum Gasteiger partial charge on any atom is 0.306 e. The summed E-state index contributed by atoms with van der Waals surface area (Å²) in [6.45, 7) is 6.49. The highest BCUT2D eigenvalue weighted by Gasteiger charge is 2.19. The molecule has 0 aromatic heterocycles. The number of carbonyl (C=O) groups is 1. The predicted octanol–water partition coefficient (Wildman–Crippen LogP) is 3.74. The van der Waals surface area contributed by atoms with Gasteiger partial charge in [0.25, 0.3) is 0 Å². The number of unbranched alkanes of at least 4 members (excludes halogenated alkanes) is 3. The number of hydrogen-bond donors (Lipinski definition) is 0. The van der Waals surface area contributed by atoms with Crippen molar-refractivity contribution in [3.63, 3.8) is 0 Å². The molecule has 0 aliphatic heterocycles. The van der Waals surface area contributed by atoms with Gasteiger partial charge in [0.2, 0.25) is 5.91 Å². The van der Waals surface area contributed by atoms with Crippen LogP contribution in [0.15, 0.2) is 18.2 Å². The summed E-state index contributed by atoms with van der Waals surface area (Å²) in [6.07, 6.45) is 5.74. The molecule has 6 nitrogen and oxygen atoms in total. The van der Waals surface area contributed by atoms with Crippen molar-refractivity contribution in [2.24, 2.45) is 0 Å². The van der Waals surface area contributed by atoms with Crippen molar-refractivity contribution in [1.29, 1.82) is 0 Å². The van der Waals surface area contributed by atoms with E-state index < -0.39 is 10.1 Å². The van der Waals surface area contributed by atoms with Gasteiger partial charge in [-0.1, -0.05) is 32.3 Å². The highest BCUT2D eigenvalue weighted by atomic mass is 32.2. The molecular weight excluding hydrogens is 354 g/mol. The molecule has 1 rings (SSSR count). The molecule has 0 heterocycles. The topological polar surface area (TPSA) is 72.9 Å². The van der Waals surface area contributed by atoms with Crippen LogP contribution in [0, 0.1) is 0 Å². The number of methoxy groups -OCH3 is 1. The fraction of sp³-hybridized carbons (Fsp3) is 0.632. The van der Waals surface area contributed by atoms with E-state index in [9.17, 15) is 13.2 Å². The Bertz CT molecular complexity index is 685. The van der Waals surface area contributed by atoms with Crippen LogP contribution >= 0.6 is 0 Å². The van der Waals surface area contributed by atoms with E-state index in [1.807, 2.05) is 19.9 Å². The molecule has 26 heavy (non-hydrogen) atoms. The summed E-state index contributed by atoms with van der Waals surface area (Å²) in [7, 11) is -2.22. The Morgan fingerprint density at radius 2 is 1.85 bits per heavy atom. The Morgan fingerprint density at radius 1 is 1.15 bits per heavy atom. The highest BCUT2D eigenvalue weighted by Crippen LogP contribution is 2.30. The van der Waals surface area contributed by atoms with Gasteiger partial charge in [-0.05, 0) is 38.0 Å². The van der Waals surface area contributed by atoms with E-state index >= 15 is 0 Å². The Hall–Kier alpha value is -1.76. The molecule has 0 atom stereocenters. The minimum atomic E-state index is -3.67. The standard InChI is InChI=1S/C19H31NO5S/c1-6-7-8-9-10-19(21)20(15(2)3)14-16-11-12-17(24-4)18(13-16)25-26(5,22)23/h11-13,15H,6-10,14H2,1-5H3. The van der Waals surface area contributed by atoms with E-state index in [2.05, 4.69) is 6.92 Å². The largest absolute Gasteiger partial charge is 0.493 e. The zero-order chi connectivity index (χ0) is 19.7. The van der Waals surface area contributed by atoms with Crippen LogP contribution in [0.2, 0.25) is 0 Å². The molecule has 0 fully saturated rings. The molecule has 0 N–H and O–H groups in total. The zero-order valence-electron chi connectivity index (χ0n) is 16.4. The number of rotatable bonds is 11. The second-order valence-corrected chi connectivity index (χ2v) is 8.27. The van der Waals surface area contributed by atoms with Crippen LogP contribution in [0.4, 0.5) is 0 Å². The molecule has 0 unspecified atom stereocenters. The average molecular weight is 386 g/mol. The smallest absolute Gasteiger partial charge is 0.306 e. The number of carbonyl (C=O) groups excluding carboxylic acids is 1. The number of nitrogens with zero attached hydrogens (tertiary/aromatic N) is 1. The van der Waals surface area contributed by atoms with Crippen LogP contribution in [0.25, 0.3) is 0 Å².